The Morgan fingerprint density at radius 3 is 0.500 bits per heavy atom. The van der Waals surface area contributed by atoms with Crippen LogP contribution >= 0.6 is 0 Å². The predicted octanol–water partition coefficient (Wildman–Crippen LogP) is -15.0. The maximum atomic E-state index is 0. The molecular weight excluding hydrogens is 698 g/mol. The molecule has 0 saturated carbocycles. The van der Waals surface area contributed by atoms with Gasteiger partial charge in [0.2, 0.25) is 0 Å². The molecule has 0 spiro atoms. The molecule has 0 aromatic rings. The first-order chi connectivity index (χ1) is 0. The van der Waals surface area contributed by atoms with Gasteiger partial charge in [0.05, 0.1) is 0 Å². The van der Waals surface area contributed by atoms with Gasteiger partial charge in [-0.2, -0.15) is 0 Å². The summed E-state index contributed by atoms with van der Waals surface area (Å²) in [6, 6.07) is 0. The van der Waals surface area contributed by atoms with E-state index in [-0.39, 0.29) is 163 Å². The standard InChI is InChI=1S/Er.4HI.Na/h;4*1H;/q+3;;;;;+1/p-4. The van der Waals surface area contributed by atoms with E-state index in [1.165, 1.54) is 0 Å². The molecule has 6 heavy (non-hydrogen) atoms. The fourth-order valence-electron chi connectivity index (χ4n) is 0. The molecule has 1 radical (unpaired) electrons. The van der Waals surface area contributed by atoms with Gasteiger partial charge in [0, 0.05) is 0 Å². The third kappa shape index (κ3) is 22.9. The summed E-state index contributed by atoms with van der Waals surface area (Å²) in [4.78, 5) is 0. The van der Waals surface area contributed by atoms with E-state index in [9.17, 15) is 0 Å². The zero-order chi connectivity index (χ0) is 0. The van der Waals surface area contributed by atoms with E-state index >= 15 is 0 Å². The minimum absolute atomic E-state index is 0. The molecule has 0 aliphatic rings. The van der Waals surface area contributed by atoms with Gasteiger partial charge in [-0.05, 0) is 0 Å². The van der Waals surface area contributed by atoms with Crippen molar-refractivity contribution in [3.8, 4) is 0 Å². The molecule has 0 heterocycles. The van der Waals surface area contributed by atoms with Crippen molar-refractivity contribution in [3.63, 3.8) is 0 Å². The molecular formula is ErI4Na. The Balaban J connectivity index is 0. The van der Waals surface area contributed by atoms with Crippen molar-refractivity contribution in [1.82, 2.24) is 0 Å². The molecule has 0 bridgehead atoms. The molecule has 0 aliphatic heterocycles. The van der Waals surface area contributed by atoms with Gasteiger partial charge < -0.3 is 95.9 Å². The van der Waals surface area contributed by atoms with Crippen LogP contribution in [0.3, 0.4) is 0 Å². The van der Waals surface area contributed by atoms with Gasteiger partial charge in [0.15, 0.2) is 0 Å². The fraction of sp³-hybridized carbons (Fsp3) is 0. The normalized spacial score (nSPS) is 0. The number of halogens is 4. The Labute approximate surface area is 158 Å². The zero-order valence-corrected chi connectivity index (χ0v) is 15.3. The van der Waals surface area contributed by atoms with Crippen molar-refractivity contribution in [2.75, 3.05) is 0 Å². The molecule has 0 aromatic carbocycles. The van der Waals surface area contributed by atoms with E-state index in [1.54, 1.807) is 0 Å². The molecule has 0 aromatic heterocycles. The Bertz CT molecular complexity index is 7.51. The Morgan fingerprint density at radius 2 is 0.500 bits per heavy atom. The maximum absolute atomic E-state index is 0. The summed E-state index contributed by atoms with van der Waals surface area (Å²) in [6.45, 7) is 0. The molecule has 0 rings (SSSR count). The maximum Gasteiger partial charge on any atom is 3.00 e. The van der Waals surface area contributed by atoms with Crippen molar-refractivity contribution >= 4 is 0 Å². The van der Waals surface area contributed by atoms with Crippen LogP contribution in [0, 0.1) is 37.3 Å². The summed E-state index contributed by atoms with van der Waals surface area (Å²) in [5.74, 6) is 0. The van der Waals surface area contributed by atoms with Gasteiger partial charge in [-0.25, -0.2) is 0 Å². The van der Waals surface area contributed by atoms with Crippen molar-refractivity contribution in [2.24, 2.45) is 0 Å². The van der Waals surface area contributed by atoms with Crippen LogP contribution in [0.1, 0.15) is 0 Å². The first-order valence-electron chi connectivity index (χ1n) is 0. The van der Waals surface area contributed by atoms with Crippen LogP contribution in [0.5, 0.6) is 0 Å². The van der Waals surface area contributed by atoms with Crippen molar-refractivity contribution in [3.05, 3.63) is 0 Å². The Morgan fingerprint density at radius 1 is 0.500 bits per heavy atom. The monoisotopic (exact) mass is 697 g/mol. The average molecular weight is 698 g/mol. The minimum Gasteiger partial charge on any atom is -1.00 e. The van der Waals surface area contributed by atoms with Crippen LogP contribution in [-0.2, 0) is 0 Å². The topological polar surface area (TPSA) is 0 Å². The smallest absolute Gasteiger partial charge is 1.00 e. The average Bonchev–Trinajstić information content (AvgIpc) is 0. The van der Waals surface area contributed by atoms with Crippen LogP contribution < -0.4 is 125 Å². The third-order valence-corrected chi connectivity index (χ3v) is 0. The molecule has 0 N–H and O–H groups in total. The van der Waals surface area contributed by atoms with Crippen molar-refractivity contribution in [2.45, 2.75) is 0 Å². The molecule has 6 heteroatoms. The molecule has 41 valence electrons. The summed E-state index contributed by atoms with van der Waals surface area (Å²) in [5, 5.41) is 0. The van der Waals surface area contributed by atoms with E-state index in [0.29, 0.717) is 0 Å². The van der Waals surface area contributed by atoms with Crippen molar-refractivity contribution < 1.29 is 163 Å². The van der Waals surface area contributed by atoms with E-state index in [2.05, 4.69) is 0 Å². The quantitative estimate of drug-likeness (QED) is 0.175. The fourth-order valence-corrected chi connectivity index (χ4v) is 0. The molecule has 0 aliphatic carbocycles. The van der Waals surface area contributed by atoms with Gasteiger partial charge in [-0.15, -0.1) is 0 Å². The van der Waals surface area contributed by atoms with Gasteiger partial charge in [-0.3, -0.25) is 0 Å². The first kappa shape index (κ1) is 43.2. The second-order valence-corrected chi connectivity index (χ2v) is 0. The summed E-state index contributed by atoms with van der Waals surface area (Å²) in [5.41, 5.74) is 0. The SMILES string of the molecule is [Er+3].[I-].[I-].[I-].[I-].[Na+]. The Kier molecular flexibility index (Phi) is 231. The largest absolute Gasteiger partial charge is 3.00 e. The molecule has 0 fully saturated rings. The van der Waals surface area contributed by atoms with Crippen molar-refractivity contribution in [1.29, 1.82) is 0 Å². The number of hydrogen-bond donors (Lipinski definition) is 0. The summed E-state index contributed by atoms with van der Waals surface area (Å²) < 4.78 is 0. The van der Waals surface area contributed by atoms with Crippen LogP contribution in [0.25, 0.3) is 0 Å². The van der Waals surface area contributed by atoms with Gasteiger partial charge >= 0.3 is 66.9 Å². The molecule has 0 nitrogen and oxygen atoms in total. The molecule has 0 saturated heterocycles. The van der Waals surface area contributed by atoms with E-state index < -0.39 is 0 Å². The van der Waals surface area contributed by atoms with Gasteiger partial charge in [0.25, 0.3) is 0 Å². The molecule has 0 atom stereocenters. The van der Waals surface area contributed by atoms with E-state index in [0.717, 1.165) is 0 Å². The summed E-state index contributed by atoms with van der Waals surface area (Å²) >= 11 is 0. The van der Waals surface area contributed by atoms with Crippen LogP contribution in [0.15, 0.2) is 0 Å². The van der Waals surface area contributed by atoms with Crippen LogP contribution in [0.2, 0.25) is 0 Å². The zero-order valence-electron chi connectivity index (χ0n) is 2.80. The number of rotatable bonds is 0. The second-order valence-electron chi connectivity index (χ2n) is 0. The number of hydrogen-bond acceptors (Lipinski definition) is 0. The third-order valence-electron chi connectivity index (χ3n) is 0. The van der Waals surface area contributed by atoms with Crippen LogP contribution in [-0.4, -0.2) is 0 Å². The van der Waals surface area contributed by atoms with Gasteiger partial charge in [-0.1, -0.05) is 0 Å². The molecule has 0 amide bonds. The van der Waals surface area contributed by atoms with E-state index in [1.807, 2.05) is 0 Å². The predicted molar refractivity (Wildman–Crippen MR) is 0 cm³/mol. The Hall–Kier alpha value is 5.17. The molecule has 0 unspecified atom stereocenters. The summed E-state index contributed by atoms with van der Waals surface area (Å²) in [7, 11) is 0. The second kappa shape index (κ2) is 32.0. The first-order valence-corrected chi connectivity index (χ1v) is 0. The minimum atomic E-state index is 0. The van der Waals surface area contributed by atoms with Gasteiger partial charge in [0.1, 0.15) is 0 Å². The summed E-state index contributed by atoms with van der Waals surface area (Å²) in [6.07, 6.45) is 0. The van der Waals surface area contributed by atoms with E-state index in [4.69, 9.17) is 0 Å². The van der Waals surface area contributed by atoms with Crippen LogP contribution in [0.4, 0.5) is 0 Å².